The molecule has 3 rings (SSSR count). The van der Waals surface area contributed by atoms with Gasteiger partial charge in [0.05, 0.1) is 16.1 Å². The number of carbonyl (C=O) groups excluding carboxylic acids is 2. The third-order valence-corrected chi connectivity index (χ3v) is 5.71. The largest absolute Gasteiger partial charge is 0.454 e. The summed E-state index contributed by atoms with van der Waals surface area (Å²) in [4.78, 5) is 24.8. The van der Waals surface area contributed by atoms with Crippen LogP contribution in [0, 0.1) is 6.92 Å². The average molecular weight is 402 g/mol. The van der Waals surface area contributed by atoms with Crippen molar-refractivity contribution in [3.05, 3.63) is 58.7 Å². The third kappa shape index (κ3) is 4.23. The molecule has 0 fully saturated rings. The number of carbonyl (C=O) groups is 2. The number of aryl methyl sites for hydroxylation is 1. The van der Waals surface area contributed by atoms with E-state index in [0.717, 1.165) is 29.8 Å². The number of ether oxygens (including phenoxy) is 1. The number of nitrogens with one attached hydrogen (secondary N) is 1. The second-order valence-electron chi connectivity index (χ2n) is 6.96. The molecular formula is C20H22N2O5S. The Morgan fingerprint density at radius 2 is 1.89 bits per heavy atom. The van der Waals surface area contributed by atoms with Crippen LogP contribution in [0.2, 0.25) is 0 Å². The number of ketones is 1. The number of sulfonamides is 1. The van der Waals surface area contributed by atoms with E-state index in [9.17, 15) is 18.0 Å². The van der Waals surface area contributed by atoms with Crippen molar-refractivity contribution in [1.29, 1.82) is 0 Å². The first-order valence-corrected chi connectivity index (χ1v) is 10.4. The number of Topliss-reactive ketones (excluding diaryl/α,β-unsaturated/α-hetero) is 1. The first-order chi connectivity index (χ1) is 13.2. The molecule has 28 heavy (non-hydrogen) atoms. The first-order valence-electron chi connectivity index (χ1n) is 8.88. The SMILES string of the molecule is Cc1cc(C(=O)OCC(=O)c2ccc(S(N)(=O)=O)cc2)c2c(c1)[C@@H](C)CCN2. The number of nitrogens with two attached hydrogens (primary N) is 1. The molecule has 7 nitrogen and oxygen atoms in total. The molecule has 0 bridgehead atoms. The fraction of sp³-hybridized carbons (Fsp3) is 0.300. The van der Waals surface area contributed by atoms with Crippen molar-refractivity contribution in [3.8, 4) is 0 Å². The highest BCUT2D eigenvalue weighted by Crippen LogP contribution is 2.35. The zero-order valence-corrected chi connectivity index (χ0v) is 16.5. The van der Waals surface area contributed by atoms with Crippen LogP contribution in [0.15, 0.2) is 41.3 Å². The molecule has 8 heteroatoms. The van der Waals surface area contributed by atoms with E-state index in [2.05, 4.69) is 18.3 Å². The van der Waals surface area contributed by atoms with Crippen LogP contribution in [0.3, 0.4) is 0 Å². The summed E-state index contributed by atoms with van der Waals surface area (Å²) < 4.78 is 27.8. The lowest BCUT2D eigenvalue weighted by molar-refractivity contribution is 0.0475. The minimum atomic E-state index is -3.83. The molecule has 2 aromatic rings. The maximum Gasteiger partial charge on any atom is 0.340 e. The van der Waals surface area contributed by atoms with E-state index >= 15 is 0 Å². The van der Waals surface area contributed by atoms with Crippen molar-refractivity contribution in [2.24, 2.45) is 5.14 Å². The number of anilines is 1. The zero-order valence-electron chi connectivity index (χ0n) is 15.7. The second kappa shape index (κ2) is 7.73. The summed E-state index contributed by atoms with van der Waals surface area (Å²) in [5.41, 5.74) is 3.44. The Labute approximate surface area is 163 Å². The number of primary sulfonamides is 1. The topological polar surface area (TPSA) is 116 Å². The number of hydrogen-bond acceptors (Lipinski definition) is 6. The zero-order chi connectivity index (χ0) is 20.5. The Kier molecular flexibility index (Phi) is 5.53. The molecule has 1 atom stereocenters. The van der Waals surface area contributed by atoms with Crippen LogP contribution in [0.5, 0.6) is 0 Å². The van der Waals surface area contributed by atoms with Gasteiger partial charge in [-0.1, -0.05) is 13.0 Å². The van der Waals surface area contributed by atoms with Gasteiger partial charge >= 0.3 is 5.97 Å². The van der Waals surface area contributed by atoms with Gasteiger partial charge in [0.15, 0.2) is 12.4 Å². The van der Waals surface area contributed by atoms with Crippen molar-refractivity contribution in [3.63, 3.8) is 0 Å². The molecule has 0 spiro atoms. The van der Waals surface area contributed by atoms with E-state index in [-0.39, 0.29) is 10.5 Å². The lowest BCUT2D eigenvalue weighted by Crippen LogP contribution is -2.21. The van der Waals surface area contributed by atoms with Crippen LogP contribution < -0.4 is 10.5 Å². The minimum Gasteiger partial charge on any atom is -0.454 e. The van der Waals surface area contributed by atoms with E-state index in [0.29, 0.717) is 11.5 Å². The third-order valence-electron chi connectivity index (χ3n) is 4.78. The van der Waals surface area contributed by atoms with Gasteiger partial charge in [-0.15, -0.1) is 0 Å². The second-order valence-corrected chi connectivity index (χ2v) is 8.52. The maximum atomic E-state index is 12.6. The number of rotatable bonds is 5. The summed E-state index contributed by atoms with van der Waals surface area (Å²) in [7, 11) is -3.83. The fourth-order valence-electron chi connectivity index (χ4n) is 3.25. The van der Waals surface area contributed by atoms with Crippen LogP contribution in [0.25, 0.3) is 0 Å². The molecule has 3 N–H and O–H groups in total. The molecule has 0 radical (unpaired) electrons. The summed E-state index contributed by atoms with van der Waals surface area (Å²) >= 11 is 0. The Bertz CT molecular complexity index is 1030. The molecule has 148 valence electrons. The van der Waals surface area contributed by atoms with E-state index in [1.807, 2.05) is 6.92 Å². The van der Waals surface area contributed by atoms with Gasteiger partial charge in [0, 0.05) is 12.1 Å². The Morgan fingerprint density at radius 3 is 2.54 bits per heavy atom. The number of esters is 1. The Morgan fingerprint density at radius 1 is 1.21 bits per heavy atom. The van der Waals surface area contributed by atoms with Crippen LogP contribution >= 0.6 is 0 Å². The standard InChI is InChI=1S/C20H22N2O5S/c1-12-9-16-13(2)7-8-22-19(16)17(10-12)20(24)27-11-18(23)14-3-5-15(6-4-14)28(21,25)26/h3-6,9-10,13,22H,7-8,11H2,1-2H3,(H2,21,25,26)/t13-/m0/s1. The minimum absolute atomic E-state index is 0.0902. The summed E-state index contributed by atoms with van der Waals surface area (Å²) in [5.74, 6) is -0.671. The van der Waals surface area contributed by atoms with Crippen LogP contribution in [0.1, 0.15) is 51.1 Å². The number of fused-ring (bicyclic) bond motifs is 1. The van der Waals surface area contributed by atoms with Crippen molar-refractivity contribution in [2.75, 3.05) is 18.5 Å². The predicted molar refractivity (Wildman–Crippen MR) is 105 cm³/mol. The summed E-state index contributed by atoms with van der Waals surface area (Å²) in [5, 5.41) is 8.29. The molecule has 0 aromatic heterocycles. The van der Waals surface area contributed by atoms with Crippen molar-refractivity contribution in [1.82, 2.24) is 0 Å². The highest BCUT2D eigenvalue weighted by atomic mass is 32.2. The van der Waals surface area contributed by atoms with Crippen LogP contribution in [0.4, 0.5) is 5.69 Å². The van der Waals surface area contributed by atoms with Gasteiger partial charge in [-0.05, 0) is 60.7 Å². The van der Waals surface area contributed by atoms with Crippen LogP contribution in [-0.2, 0) is 14.8 Å². The van der Waals surface area contributed by atoms with E-state index < -0.39 is 28.4 Å². The molecular weight excluding hydrogens is 380 g/mol. The normalized spacial score (nSPS) is 16.0. The van der Waals surface area contributed by atoms with Gasteiger partial charge in [-0.2, -0.15) is 0 Å². The Hall–Kier alpha value is -2.71. The maximum absolute atomic E-state index is 12.6. The Balaban J connectivity index is 1.73. The molecule has 0 aliphatic carbocycles. The van der Waals surface area contributed by atoms with Gasteiger partial charge < -0.3 is 10.1 Å². The molecule has 1 heterocycles. The van der Waals surface area contributed by atoms with Gasteiger partial charge in [0.25, 0.3) is 0 Å². The number of hydrogen-bond donors (Lipinski definition) is 2. The highest BCUT2D eigenvalue weighted by molar-refractivity contribution is 7.89. The highest BCUT2D eigenvalue weighted by Gasteiger charge is 2.24. The van der Waals surface area contributed by atoms with Gasteiger partial charge in [-0.25, -0.2) is 18.4 Å². The lowest BCUT2D eigenvalue weighted by Gasteiger charge is -2.26. The molecule has 0 amide bonds. The lowest BCUT2D eigenvalue weighted by atomic mass is 9.89. The predicted octanol–water partition coefficient (Wildman–Crippen LogP) is 2.60. The molecule has 0 unspecified atom stereocenters. The van der Waals surface area contributed by atoms with E-state index in [1.54, 1.807) is 6.07 Å². The van der Waals surface area contributed by atoms with Crippen molar-refractivity contribution in [2.45, 2.75) is 31.1 Å². The molecule has 0 saturated heterocycles. The summed E-state index contributed by atoms with van der Waals surface area (Å²) in [6.07, 6.45) is 0.984. The quantitative estimate of drug-likeness (QED) is 0.587. The van der Waals surface area contributed by atoms with Gasteiger partial charge in [-0.3, -0.25) is 4.79 Å². The monoisotopic (exact) mass is 402 g/mol. The molecule has 1 aliphatic heterocycles. The van der Waals surface area contributed by atoms with Gasteiger partial charge in [0.2, 0.25) is 10.0 Å². The van der Waals surface area contributed by atoms with E-state index in [1.165, 1.54) is 24.3 Å². The van der Waals surface area contributed by atoms with Crippen molar-refractivity contribution >= 4 is 27.5 Å². The van der Waals surface area contributed by atoms with E-state index in [4.69, 9.17) is 9.88 Å². The fourth-order valence-corrected chi connectivity index (χ4v) is 3.77. The first kappa shape index (κ1) is 20.0. The van der Waals surface area contributed by atoms with Gasteiger partial charge in [0.1, 0.15) is 0 Å². The molecule has 2 aromatic carbocycles. The smallest absolute Gasteiger partial charge is 0.340 e. The summed E-state index contributed by atoms with van der Waals surface area (Å²) in [6, 6.07) is 8.97. The average Bonchev–Trinajstić information content (AvgIpc) is 2.65. The number of benzene rings is 2. The molecule has 1 aliphatic rings. The van der Waals surface area contributed by atoms with Crippen LogP contribution in [-0.4, -0.2) is 33.3 Å². The summed E-state index contributed by atoms with van der Waals surface area (Å²) in [6.45, 7) is 4.36. The molecule has 0 saturated carbocycles. The van der Waals surface area contributed by atoms with Crippen molar-refractivity contribution < 1.29 is 22.7 Å².